The summed E-state index contributed by atoms with van der Waals surface area (Å²) in [7, 11) is 0. The highest BCUT2D eigenvalue weighted by molar-refractivity contribution is 5.70. The van der Waals surface area contributed by atoms with Gasteiger partial charge in [-0.2, -0.15) is 0 Å². The predicted molar refractivity (Wildman–Crippen MR) is 201 cm³/mol. The summed E-state index contributed by atoms with van der Waals surface area (Å²) in [4.78, 5) is 25.2. The van der Waals surface area contributed by atoms with E-state index in [1.165, 1.54) is 96.3 Å². The summed E-state index contributed by atoms with van der Waals surface area (Å²) in [5, 5.41) is 39.9. The Bertz CT molecular complexity index is 850. The molecular weight excluding hydrogens is 652 g/mol. The van der Waals surface area contributed by atoms with Crippen molar-refractivity contribution >= 4 is 11.9 Å². The van der Waals surface area contributed by atoms with Crippen LogP contribution in [0.15, 0.2) is 12.2 Å². The van der Waals surface area contributed by atoms with Gasteiger partial charge in [0.2, 0.25) is 0 Å². The number of carbonyl (C=O) groups excluding carboxylic acids is 2. The maximum absolute atomic E-state index is 12.7. The summed E-state index contributed by atoms with van der Waals surface area (Å²) in [6.07, 6.45) is 25.0. The molecule has 6 atom stereocenters. The second-order valence-corrected chi connectivity index (χ2v) is 14.4. The van der Waals surface area contributed by atoms with Crippen molar-refractivity contribution in [1.82, 2.24) is 0 Å². The standard InChI is InChI=1S/C41H76O10/c1-3-5-7-9-11-13-15-16-17-18-20-22-24-26-28-30-37(44)50-34(33-49-41-40(47)39(46)38(45)35(31-42)51-41)32-48-36(43)29-27-25-23-21-19-14-12-10-8-6-4-2/h16-17,34-35,38-42,45-47H,3-15,18-33H2,1-2H3/b17-16-/t34?,35-,38-,39+,40-,41+/m1/s1. The number of esters is 2. The van der Waals surface area contributed by atoms with E-state index in [-0.39, 0.29) is 32.0 Å². The molecule has 0 aromatic carbocycles. The number of carbonyl (C=O) groups is 2. The number of aliphatic hydroxyl groups excluding tert-OH is 4. The minimum atomic E-state index is -1.59. The van der Waals surface area contributed by atoms with E-state index in [0.29, 0.717) is 6.42 Å². The van der Waals surface area contributed by atoms with Gasteiger partial charge in [0.15, 0.2) is 12.4 Å². The van der Waals surface area contributed by atoms with E-state index in [1.807, 2.05) is 0 Å². The Kier molecular flexibility index (Phi) is 30.7. The summed E-state index contributed by atoms with van der Waals surface area (Å²) >= 11 is 0. The number of unbranched alkanes of at least 4 members (excludes halogenated alkanes) is 21. The molecule has 1 aliphatic rings. The van der Waals surface area contributed by atoms with Crippen LogP contribution in [0.4, 0.5) is 0 Å². The summed E-state index contributed by atoms with van der Waals surface area (Å²) in [6, 6.07) is 0. The van der Waals surface area contributed by atoms with Crippen LogP contribution >= 0.6 is 0 Å². The fraction of sp³-hybridized carbons (Fsp3) is 0.902. The van der Waals surface area contributed by atoms with E-state index < -0.39 is 49.4 Å². The van der Waals surface area contributed by atoms with Gasteiger partial charge in [0.05, 0.1) is 13.2 Å². The van der Waals surface area contributed by atoms with E-state index >= 15 is 0 Å². The van der Waals surface area contributed by atoms with Crippen molar-refractivity contribution in [2.45, 2.75) is 218 Å². The molecule has 0 aromatic heterocycles. The smallest absolute Gasteiger partial charge is 0.306 e. The summed E-state index contributed by atoms with van der Waals surface area (Å²) in [5.41, 5.74) is 0. The lowest BCUT2D eigenvalue weighted by Crippen LogP contribution is -2.59. The molecule has 1 unspecified atom stereocenters. The monoisotopic (exact) mass is 729 g/mol. The van der Waals surface area contributed by atoms with Gasteiger partial charge in [0, 0.05) is 12.8 Å². The Labute approximate surface area is 310 Å². The molecular formula is C41H76O10. The first-order valence-corrected chi connectivity index (χ1v) is 20.8. The molecule has 0 bridgehead atoms. The highest BCUT2D eigenvalue weighted by Crippen LogP contribution is 2.22. The third kappa shape index (κ3) is 25.2. The van der Waals surface area contributed by atoms with E-state index in [4.69, 9.17) is 18.9 Å². The highest BCUT2D eigenvalue weighted by atomic mass is 16.7. The van der Waals surface area contributed by atoms with Crippen molar-refractivity contribution in [2.75, 3.05) is 19.8 Å². The van der Waals surface area contributed by atoms with Crippen LogP contribution in [0.25, 0.3) is 0 Å². The number of allylic oxidation sites excluding steroid dienone is 2. The van der Waals surface area contributed by atoms with Gasteiger partial charge >= 0.3 is 11.9 Å². The van der Waals surface area contributed by atoms with Gasteiger partial charge in [0.1, 0.15) is 31.0 Å². The first-order chi connectivity index (χ1) is 24.8. The first-order valence-electron chi connectivity index (χ1n) is 20.8. The fourth-order valence-corrected chi connectivity index (χ4v) is 6.30. The zero-order valence-corrected chi connectivity index (χ0v) is 32.4. The van der Waals surface area contributed by atoms with E-state index in [9.17, 15) is 30.0 Å². The van der Waals surface area contributed by atoms with Crippen LogP contribution in [-0.2, 0) is 28.5 Å². The average molecular weight is 729 g/mol. The van der Waals surface area contributed by atoms with Gasteiger partial charge in [-0.15, -0.1) is 0 Å². The molecule has 1 heterocycles. The largest absolute Gasteiger partial charge is 0.462 e. The Hall–Kier alpha value is -1.56. The van der Waals surface area contributed by atoms with Gasteiger partial charge in [-0.3, -0.25) is 9.59 Å². The molecule has 10 nitrogen and oxygen atoms in total. The van der Waals surface area contributed by atoms with Gasteiger partial charge in [-0.25, -0.2) is 0 Å². The van der Waals surface area contributed by atoms with Crippen molar-refractivity contribution in [2.24, 2.45) is 0 Å². The van der Waals surface area contributed by atoms with Crippen LogP contribution < -0.4 is 0 Å². The number of aliphatic hydroxyl groups is 4. The molecule has 1 saturated heterocycles. The third-order valence-electron chi connectivity index (χ3n) is 9.65. The second-order valence-electron chi connectivity index (χ2n) is 14.4. The molecule has 300 valence electrons. The van der Waals surface area contributed by atoms with Gasteiger partial charge < -0.3 is 39.4 Å². The van der Waals surface area contributed by atoms with E-state index in [0.717, 1.165) is 51.4 Å². The zero-order chi connectivity index (χ0) is 37.4. The van der Waals surface area contributed by atoms with Crippen LogP contribution in [0.3, 0.4) is 0 Å². The summed E-state index contributed by atoms with van der Waals surface area (Å²) in [6.45, 7) is 3.40. The zero-order valence-electron chi connectivity index (χ0n) is 32.4. The normalized spacial score (nSPS) is 21.3. The van der Waals surface area contributed by atoms with Gasteiger partial charge in [-0.1, -0.05) is 142 Å². The molecule has 0 saturated carbocycles. The first kappa shape index (κ1) is 47.5. The third-order valence-corrected chi connectivity index (χ3v) is 9.65. The molecule has 10 heteroatoms. The summed E-state index contributed by atoms with van der Waals surface area (Å²) < 4.78 is 22.1. The Morgan fingerprint density at radius 3 is 1.53 bits per heavy atom. The topological polar surface area (TPSA) is 152 Å². The summed E-state index contributed by atoms with van der Waals surface area (Å²) in [5.74, 6) is -0.812. The lowest BCUT2D eigenvalue weighted by molar-refractivity contribution is -0.305. The number of rotatable bonds is 34. The Morgan fingerprint density at radius 1 is 0.588 bits per heavy atom. The van der Waals surface area contributed by atoms with Crippen LogP contribution in [0.2, 0.25) is 0 Å². The molecule has 0 aromatic rings. The van der Waals surface area contributed by atoms with Crippen LogP contribution in [0, 0.1) is 0 Å². The van der Waals surface area contributed by atoms with Crippen molar-refractivity contribution in [3.05, 3.63) is 12.2 Å². The fourth-order valence-electron chi connectivity index (χ4n) is 6.30. The molecule has 0 spiro atoms. The minimum absolute atomic E-state index is 0.216. The van der Waals surface area contributed by atoms with Crippen molar-refractivity contribution in [3.63, 3.8) is 0 Å². The highest BCUT2D eigenvalue weighted by Gasteiger charge is 2.44. The second kappa shape index (κ2) is 33.0. The van der Waals surface area contributed by atoms with Crippen LogP contribution in [0.5, 0.6) is 0 Å². The lowest BCUT2D eigenvalue weighted by Gasteiger charge is -2.39. The van der Waals surface area contributed by atoms with Crippen molar-refractivity contribution < 1.29 is 49.0 Å². The maximum atomic E-state index is 12.7. The van der Waals surface area contributed by atoms with E-state index in [1.54, 1.807) is 0 Å². The Morgan fingerprint density at radius 2 is 1.04 bits per heavy atom. The molecule has 4 N–H and O–H groups in total. The number of hydrogen-bond acceptors (Lipinski definition) is 10. The van der Waals surface area contributed by atoms with Crippen LogP contribution in [-0.4, -0.2) is 89.0 Å². The number of hydrogen-bond donors (Lipinski definition) is 4. The Balaban J connectivity index is 2.37. The SMILES string of the molecule is CCCCCCCC/C=C\CCCCCCCC(=O)OC(COC(=O)CCCCCCCCCCCCC)CO[C@H]1O[C@H](CO)[C@@H](O)[C@H](O)[C@H]1O. The predicted octanol–water partition coefficient (Wildman–Crippen LogP) is 8.00. The average Bonchev–Trinajstić information content (AvgIpc) is 3.13. The maximum Gasteiger partial charge on any atom is 0.306 e. The van der Waals surface area contributed by atoms with Crippen molar-refractivity contribution in [1.29, 1.82) is 0 Å². The molecule has 1 aliphatic heterocycles. The number of ether oxygens (including phenoxy) is 4. The van der Waals surface area contributed by atoms with Crippen LogP contribution in [0.1, 0.15) is 181 Å². The molecule has 0 aliphatic carbocycles. The molecule has 0 amide bonds. The lowest BCUT2D eigenvalue weighted by atomic mass is 9.99. The molecule has 51 heavy (non-hydrogen) atoms. The van der Waals surface area contributed by atoms with Crippen molar-refractivity contribution in [3.8, 4) is 0 Å². The van der Waals surface area contributed by atoms with E-state index in [2.05, 4.69) is 26.0 Å². The molecule has 1 rings (SSSR count). The molecule has 1 fully saturated rings. The van der Waals surface area contributed by atoms with Gasteiger partial charge in [-0.05, 0) is 38.5 Å². The minimum Gasteiger partial charge on any atom is -0.462 e. The quantitative estimate of drug-likeness (QED) is 0.0291. The van der Waals surface area contributed by atoms with Gasteiger partial charge in [0.25, 0.3) is 0 Å². The molecule has 0 radical (unpaired) electrons.